The summed E-state index contributed by atoms with van der Waals surface area (Å²) in [7, 11) is 0. The molecule has 0 bridgehead atoms. The van der Waals surface area contributed by atoms with Crippen LogP contribution in [-0.4, -0.2) is 20.1 Å². The number of pyridine rings is 1. The molecule has 19 heavy (non-hydrogen) atoms. The van der Waals surface area contributed by atoms with Crippen molar-refractivity contribution in [3.8, 4) is 0 Å². The molecule has 2 heterocycles. The maximum atomic E-state index is 9.44. The largest absolute Gasteiger partial charge is 0.389 e. The number of aromatic nitrogens is 3. The zero-order chi connectivity index (χ0) is 14.0. The number of aliphatic hydroxyl groups excluding tert-OH is 1. The molecule has 2 aromatic rings. The van der Waals surface area contributed by atoms with Crippen molar-refractivity contribution in [3.05, 3.63) is 40.8 Å². The molecule has 0 aliphatic carbocycles. The lowest BCUT2D eigenvalue weighted by atomic mass is 10.2. The van der Waals surface area contributed by atoms with Gasteiger partial charge in [0.1, 0.15) is 5.03 Å². The van der Waals surface area contributed by atoms with Gasteiger partial charge >= 0.3 is 0 Å². The first-order chi connectivity index (χ1) is 8.97. The van der Waals surface area contributed by atoms with E-state index in [1.807, 2.05) is 32.9 Å². The van der Waals surface area contributed by atoms with Crippen molar-refractivity contribution in [2.75, 3.05) is 0 Å². The highest BCUT2D eigenvalue weighted by Gasteiger charge is 2.08. The van der Waals surface area contributed by atoms with Crippen LogP contribution in [0.15, 0.2) is 28.5 Å². The Kier molecular flexibility index (Phi) is 4.17. The Labute approximate surface area is 117 Å². The zero-order valence-corrected chi connectivity index (χ0v) is 12.3. The number of hydrogen-bond donors (Lipinski definition) is 1. The van der Waals surface area contributed by atoms with Gasteiger partial charge in [0.05, 0.1) is 6.10 Å². The van der Waals surface area contributed by atoms with E-state index in [9.17, 15) is 5.11 Å². The molecule has 0 saturated carbocycles. The van der Waals surface area contributed by atoms with E-state index < -0.39 is 6.10 Å². The molecule has 0 aliphatic heterocycles. The molecule has 0 fully saturated rings. The molecule has 0 spiro atoms. The van der Waals surface area contributed by atoms with Crippen LogP contribution in [0.1, 0.15) is 35.5 Å². The van der Waals surface area contributed by atoms with E-state index in [4.69, 9.17) is 0 Å². The molecule has 1 atom stereocenters. The van der Waals surface area contributed by atoms with Gasteiger partial charge < -0.3 is 5.11 Å². The Morgan fingerprint density at radius 3 is 2.21 bits per heavy atom. The Morgan fingerprint density at radius 1 is 1.11 bits per heavy atom. The average molecular weight is 275 g/mol. The number of aliphatic hydroxyl groups is 1. The monoisotopic (exact) mass is 275 g/mol. The smallest absolute Gasteiger partial charge is 0.194 e. The highest BCUT2D eigenvalue weighted by Crippen LogP contribution is 2.25. The van der Waals surface area contributed by atoms with Gasteiger partial charge in [-0.3, -0.25) is 0 Å². The van der Waals surface area contributed by atoms with Crippen LogP contribution in [-0.2, 0) is 0 Å². The summed E-state index contributed by atoms with van der Waals surface area (Å²) in [6.45, 7) is 7.71. The lowest BCUT2D eigenvalue weighted by Crippen LogP contribution is -1.98. The van der Waals surface area contributed by atoms with Gasteiger partial charge in [-0.15, -0.1) is 0 Å². The second kappa shape index (κ2) is 5.67. The summed E-state index contributed by atoms with van der Waals surface area (Å²) in [6, 6.07) is 3.74. The summed E-state index contributed by atoms with van der Waals surface area (Å²) >= 11 is 1.43. The van der Waals surface area contributed by atoms with Gasteiger partial charge in [-0.05, 0) is 56.7 Å². The fourth-order valence-corrected chi connectivity index (χ4v) is 2.37. The van der Waals surface area contributed by atoms with E-state index in [-0.39, 0.29) is 0 Å². The quantitative estimate of drug-likeness (QED) is 0.873. The molecule has 0 unspecified atom stereocenters. The molecule has 4 nitrogen and oxygen atoms in total. The summed E-state index contributed by atoms with van der Waals surface area (Å²) in [4.78, 5) is 13.2. The van der Waals surface area contributed by atoms with Crippen molar-refractivity contribution in [3.63, 3.8) is 0 Å². The van der Waals surface area contributed by atoms with E-state index in [2.05, 4.69) is 15.0 Å². The molecule has 1 N–H and O–H groups in total. The Bertz CT molecular complexity index is 559. The third kappa shape index (κ3) is 3.30. The van der Waals surface area contributed by atoms with Crippen LogP contribution in [0.25, 0.3) is 0 Å². The Morgan fingerprint density at radius 2 is 1.74 bits per heavy atom. The molecule has 2 aromatic heterocycles. The summed E-state index contributed by atoms with van der Waals surface area (Å²) in [5, 5.41) is 11.0. The van der Waals surface area contributed by atoms with E-state index in [1.165, 1.54) is 11.8 Å². The van der Waals surface area contributed by atoms with Crippen LogP contribution >= 0.6 is 11.8 Å². The second-order valence-electron chi connectivity index (χ2n) is 4.51. The standard InChI is InChI=1S/C14H17N3OS/c1-8-9(2)16-14(17-10(8)3)19-13-6-5-12(7-15-13)11(4)18/h5-7,11,18H,1-4H3/t11-/m0/s1. The van der Waals surface area contributed by atoms with Crippen molar-refractivity contribution < 1.29 is 5.11 Å². The van der Waals surface area contributed by atoms with E-state index in [0.717, 1.165) is 27.5 Å². The van der Waals surface area contributed by atoms with E-state index in [0.29, 0.717) is 5.16 Å². The molecule has 0 aliphatic rings. The van der Waals surface area contributed by atoms with Gasteiger partial charge in [0.2, 0.25) is 0 Å². The fraction of sp³-hybridized carbons (Fsp3) is 0.357. The third-order valence-electron chi connectivity index (χ3n) is 3.05. The zero-order valence-electron chi connectivity index (χ0n) is 11.5. The van der Waals surface area contributed by atoms with Crippen molar-refractivity contribution in [2.24, 2.45) is 0 Å². The Balaban J connectivity index is 2.21. The number of aryl methyl sites for hydroxylation is 2. The summed E-state index contributed by atoms with van der Waals surface area (Å²) < 4.78 is 0. The van der Waals surface area contributed by atoms with Crippen LogP contribution in [0.2, 0.25) is 0 Å². The lowest BCUT2D eigenvalue weighted by molar-refractivity contribution is 0.198. The summed E-state index contributed by atoms with van der Waals surface area (Å²) in [5.74, 6) is 0. The molecule has 0 radical (unpaired) electrons. The average Bonchev–Trinajstić information content (AvgIpc) is 2.36. The van der Waals surface area contributed by atoms with Crippen molar-refractivity contribution in [2.45, 2.75) is 44.0 Å². The molecule has 0 saturated heterocycles. The van der Waals surface area contributed by atoms with Crippen LogP contribution in [0, 0.1) is 20.8 Å². The Hall–Kier alpha value is -1.46. The van der Waals surface area contributed by atoms with Gasteiger partial charge in [0.15, 0.2) is 5.16 Å². The molecule has 0 aromatic carbocycles. The van der Waals surface area contributed by atoms with Crippen LogP contribution in [0.5, 0.6) is 0 Å². The molecule has 0 amide bonds. The van der Waals surface area contributed by atoms with Crippen molar-refractivity contribution in [1.82, 2.24) is 15.0 Å². The maximum absolute atomic E-state index is 9.44. The van der Waals surface area contributed by atoms with Crippen molar-refractivity contribution >= 4 is 11.8 Å². The number of nitrogens with zero attached hydrogens (tertiary/aromatic N) is 3. The molecule has 2 rings (SSSR count). The number of rotatable bonds is 3. The third-order valence-corrected chi connectivity index (χ3v) is 3.87. The topological polar surface area (TPSA) is 58.9 Å². The van der Waals surface area contributed by atoms with Gasteiger partial charge in [-0.1, -0.05) is 6.07 Å². The van der Waals surface area contributed by atoms with Gasteiger partial charge in [0.25, 0.3) is 0 Å². The number of hydrogen-bond acceptors (Lipinski definition) is 5. The van der Waals surface area contributed by atoms with Crippen LogP contribution in [0.3, 0.4) is 0 Å². The van der Waals surface area contributed by atoms with Gasteiger partial charge in [-0.2, -0.15) is 0 Å². The normalized spacial score (nSPS) is 12.5. The minimum Gasteiger partial charge on any atom is -0.389 e. The van der Waals surface area contributed by atoms with Crippen LogP contribution < -0.4 is 0 Å². The first kappa shape index (κ1) is 14.0. The van der Waals surface area contributed by atoms with Gasteiger partial charge in [-0.25, -0.2) is 15.0 Å². The van der Waals surface area contributed by atoms with E-state index in [1.54, 1.807) is 13.1 Å². The predicted octanol–water partition coefficient (Wildman–Crippen LogP) is 3.00. The highest BCUT2D eigenvalue weighted by atomic mass is 32.2. The van der Waals surface area contributed by atoms with Gasteiger partial charge in [0, 0.05) is 17.6 Å². The highest BCUT2D eigenvalue weighted by molar-refractivity contribution is 7.99. The maximum Gasteiger partial charge on any atom is 0.194 e. The first-order valence-electron chi connectivity index (χ1n) is 6.11. The van der Waals surface area contributed by atoms with Crippen molar-refractivity contribution in [1.29, 1.82) is 0 Å². The van der Waals surface area contributed by atoms with Crippen LogP contribution in [0.4, 0.5) is 0 Å². The first-order valence-corrected chi connectivity index (χ1v) is 6.92. The fourth-order valence-electron chi connectivity index (χ4n) is 1.58. The molecular weight excluding hydrogens is 258 g/mol. The molecule has 5 heteroatoms. The summed E-state index contributed by atoms with van der Waals surface area (Å²) in [6.07, 6.45) is 1.19. The molecular formula is C14H17N3OS. The molecule has 100 valence electrons. The summed E-state index contributed by atoms with van der Waals surface area (Å²) in [5.41, 5.74) is 3.93. The lowest BCUT2D eigenvalue weighted by Gasteiger charge is -2.07. The second-order valence-corrected chi connectivity index (χ2v) is 5.50. The van der Waals surface area contributed by atoms with E-state index >= 15 is 0 Å². The minimum atomic E-state index is -0.494. The SMILES string of the molecule is Cc1nc(Sc2ccc([C@H](C)O)cn2)nc(C)c1C. The minimum absolute atomic E-state index is 0.494. The predicted molar refractivity (Wildman–Crippen MR) is 75.2 cm³/mol.